The minimum atomic E-state index is -1.01. The lowest BCUT2D eigenvalue weighted by molar-refractivity contribution is -0.132. The average Bonchev–Trinajstić information content (AvgIpc) is 3.16. The molecule has 0 aliphatic heterocycles. The zero-order valence-corrected chi connectivity index (χ0v) is 14.8. The highest BCUT2D eigenvalue weighted by atomic mass is 32.1. The summed E-state index contributed by atoms with van der Waals surface area (Å²) in [5.41, 5.74) is 4.93. The van der Waals surface area contributed by atoms with E-state index in [4.69, 9.17) is 4.74 Å². The Labute approximate surface area is 153 Å². The Kier molecular flexibility index (Phi) is 7.10. The Bertz CT molecular complexity index is 767. The van der Waals surface area contributed by atoms with Crippen LogP contribution in [0.3, 0.4) is 0 Å². The van der Waals surface area contributed by atoms with Crippen LogP contribution in [0.2, 0.25) is 0 Å². The third kappa shape index (κ3) is 5.85. The van der Waals surface area contributed by atoms with Crippen molar-refractivity contribution in [1.82, 2.24) is 16.2 Å². The van der Waals surface area contributed by atoms with E-state index in [1.165, 1.54) is 36.5 Å². The van der Waals surface area contributed by atoms with Gasteiger partial charge < -0.3 is 10.1 Å². The number of carbonyl (C=O) groups excluding carboxylic acids is 3. The number of ether oxygens (including phenoxy) is 1. The van der Waals surface area contributed by atoms with Crippen LogP contribution in [0.5, 0.6) is 5.75 Å². The summed E-state index contributed by atoms with van der Waals surface area (Å²) in [6, 6.07) is 7.37. The van der Waals surface area contributed by atoms with Crippen LogP contribution < -0.4 is 20.9 Å². The lowest BCUT2D eigenvalue weighted by Gasteiger charge is -2.15. The van der Waals surface area contributed by atoms with Gasteiger partial charge in [-0.15, -0.1) is 0 Å². The molecule has 0 saturated heterocycles. The van der Waals surface area contributed by atoms with Gasteiger partial charge in [-0.2, -0.15) is 11.3 Å². The van der Waals surface area contributed by atoms with Crippen LogP contribution in [0, 0.1) is 5.82 Å². The summed E-state index contributed by atoms with van der Waals surface area (Å²) in [6.07, 6.45) is -1.02. The van der Waals surface area contributed by atoms with Gasteiger partial charge in [0, 0.05) is 23.9 Å². The SMILES string of the molecule is CC(Oc1ccccc1F)C(=O)NNC(=O)CCNC(=O)c1ccsc1. The lowest BCUT2D eigenvalue weighted by atomic mass is 10.3. The molecule has 1 aromatic heterocycles. The molecule has 0 spiro atoms. The highest BCUT2D eigenvalue weighted by molar-refractivity contribution is 7.08. The summed E-state index contributed by atoms with van der Waals surface area (Å²) < 4.78 is 18.7. The maximum Gasteiger partial charge on any atom is 0.279 e. The number of nitrogens with one attached hydrogen (secondary N) is 3. The normalized spacial score (nSPS) is 11.3. The Morgan fingerprint density at radius 1 is 1.19 bits per heavy atom. The molecule has 3 amide bonds. The first-order valence-corrected chi connectivity index (χ1v) is 8.72. The van der Waals surface area contributed by atoms with Gasteiger partial charge in [0.2, 0.25) is 5.91 Å². The molecule has 1 heterocycles. The van der Waals surface area contributed by atoms with Gasteiger partial charge in [-0.3, -0.25) is 25.2 Å². The predicted octanol–water partition coefficient (Wildman–Crippen LogP) is 1.62. The molecular formula is C17H18FN3O4S. The fourth-order valence-corrected chi connectivity index (χ4v) is 2.50. The number of thiophene rings is 1. The zero-order chi connectivity index (χ0) is 18.9. The largest absolute Gasteiger partial charge is 0.478 e. The summed E-state index contributed by atoms with van der Waals surface area (Å²) in [4.78, 5) is 35.2. The quantitative estimate of drug-likeness (QED) is 0.637. The zero-order valence-electron chi connectivity index (χ0n) is 14.0. The van der Waals surface area contributed by atoms with E-state index in [9.17, 15) is 18.8 Å². The van der Waals surface area contributed by atoms with E-state index >= 15 is 0 Å². The van der Waals surface area contributed by atoms with Crippen LogP contribution in [0.15, 0.2) is 41.1 Å². The van der Waals surface area contributed by atoms with Crippen molar-refractivity contribution in [2.75, 3.05) is 6.54 Å². The van der Waals surface area contributed by atoms with E-state index in [0.29, 0.717) is 5.56 Å². The van der Waals surface area contributed by atoms with Gasteiger partial charge in [0.1, 0.15) is 0 Å². The number of hydrazine groups is 1. The van der Waals surface area contributed by atoms with E-state index in [1.807, 2.05) is 0 Å². The highest BCUT2D eigenvalue weighted by Gasteiger charge is 2.17. The van der Waals surface area contributed by atoms with Gasteiger partial charge in [0.15, 0.2) is 17.7 Å². The number of hydrogen-bond acceptors (Lipinski definition) is 5. The maximum atomic E-state index is 13.5. The number of rotatable bonds is 7. The van der Waals surface area contributed by atoms with Gasteiger partial charge in [-0.05, 0) is 30.5 Å². The molecule has 1 aromatic carbocycles. The molecule has 0 saturated carbocycles. The standard InChI is InChI=1S/C17H18FN3O4S/c1-11(25-14-5-3-2-4-13(14)18)16(23)21-20-15(22)6-8-19-17(24)12-7-9-26-10-12/h2-5,7,9-11H,6,8H2,1H3,(H,19,24)(H,20,22)(H,21,23). The highest BCUT2D eigenvalue weighted by Crippen LogP contribution is 2.16. The minimum Gasteiger partial charge on any atom is -0.478 e. The average molecular weight is 379 g/mol. The number of carbonyl (C=O) groups is 3. The van der Waals surface area contributed by atoms with Crippen molar-refractivity contribution in [1.29, 1.82) is 0 Å². The molecule has 9 heteroatoms. The molecule has 0 bridgehead atoms. The summed E-state index contributed by atoms with van der Waals surface area (Å²) in [5, 5.41) is 6.07. The van der Waals surface area contributed by atoms with E-state index in [0.717, 1.165) is 0 Å². The van der Waals surface area contributed by atoms with Crippen molar-refractivity contribution < 1.29 is 23.5 Å². The maximum absolute atomic E-state index is 13.5. The van der Waals surface area contributed by atoms with Crippen LogP contribution in [0.25, 0.3) is 0 Å². The Hall–Kier alpha value is -2.94. The van der Waals surface area contributed by atoms with Crippen molar-refractivity contribution in [2.45, 2.75) is 19.4 Å². The van der Waals surface area contributed by atoms with Gasteiger partial charge in [0.25, 0.3) is 11.8 Å². The van der Waals surface area contributed by atoms with Crippen LogP contribution in [0.4, 0.5) is 4.39 Å². The number of benzene rings is 1. The number of amides is 3. The minimum absolute atomic E-state index is 0.0152. The molecule has 0 fully saturated rings. The second-order valence-electron chi connectivity index (χ2n) is 5.25. The molecule has 7 nitrogen and oxygen atoms in total. The lowest BCUT2D eigenvalue weighted by Crippen LogP contribution is -2.47. The predicted molar refractivity (Wildman–Crippen MR) is 94.0 cm³/mol. The molecule has 3 N–H and O–H groups in total. The summed E-state index contributed by atoms with van der Waals surface area (Å²) in [7, 11) is 0. The number of hydrogen-bond donors (Lipinski definition) is 3. The van der Waals surface area contributed by atoms with Crippen LogP contribution in [-0.4, -0.2) is 30.4 Å². The fourth-order valence-electron chi connectivity index (χ4n) is 1.87. The molecule has 0 aliphatic carbocycles. The van der Waals surface area contributed by atoms with Crippen LogP contribution in [0.1, 0.15) is 23.7 Å². The van der Waals surface area contributed by atoms with E-state index in [-0.39, 0.29) is 24.6 Å². The van der Waals surface area contributed by atoms with Crippen molar-refractivity contribution in [2.24, 2.45) is 0 Å². The van der Waals surface area contributed by atoms with E-state index < -0.39 is 23.7 Å². The molecule has 138 valence electrons. The van der Waals surface area contributed by atoms with Gasteiger partial charge in [0.05, 0.1) is 0 Å². The third-order valence-corrected chi connectivity index (χ3v) is 3.94. The van der Waals surface area contributed by atoms with Gasteiger partial charge in [-0.25, -0.2) is 4.39 Å². The molecular weight excluding hydrogens is 361 g/mol. The first-order chi connectivity index (χ1) is 12.5. The topological polar surface area (TPSA) is 96.5 Å². The van der Waals surface area contributed by atoms with Gasteiger partial charge in [-0.1, -0.05) is 12.1 Å². The van der Waals surface area contributed by atoms with Crippen molar-refractivity contribution in [3.63, 3.8) is 0 Å². The monoisotopic (exact) mass is 379 g/mol. The molecule has 0 aliphatic rings. The number of para-hydroxylation sites is 1. The summed E-state index contributed by atoms with van der Waals surface area (Å²) in [6.45, 7) is 1.55. The number of halogens is 1. The van der Waals surface area contributed by atoms with Crippen molar-refractivity contribution in [3.05, 3.63) is 52.5 Å². The second kappa shape index (κ2) is 9.52. The van der Waals surface area contributed by atoms with E-state index in [1.54, 1.807) is 22.9 Å². The van der Waals surface area contributed by atoms with Crippen LogP contribution in [-0.2, 0) is 9.59 Å². The Balaban J connectivity index is 1.67. The molecule has 2 aromatic rings. The molecule has 0 radical (unpaired) electrons. The molecule has 1 atom stereocenters. The summed E-state index contributed by atoms with van der Waals surface area (Å²) in [5.74, 6) is -2.03. The van der Waals surface area contributed by atoms with E-state index in [2.05, 4.69) is 16.2 Å². The Morgan fingerprint density at radius 3 is 2.65 bits per heavy atom. The van der Waals surface area contributed by atoms with Crippen LogP contribution >= 0.6 is 11.3 Å². The second-order valence-corrected chi connectivity index (χ2v) is 6.03. The van der Waals surface area contributed by atoms with Crippen molar-refractivity contribution >= 4 is 29.1 Å². The first kappa shape index (κ1) is 19.4. The first-order valence-electron chi connectivity index (χ1n) is 7.77. The molecule has 2 rings (SSSR count). The van der Waals surface area contributed by atoms with Gasteiger partial charge >= 0.3 is 0 Å². The smallest absolute Gasteiger partial charge is 0.279 e. The molecule has 1 unspecified atom stereocenters. The molecule has 26 heavy (non-hydrogen) atoms. The third-order valence-electron chi connectivity index (χ3n) is 3.26. The summed E-state index contributed by atoms with van der Waals surface area (Å²) >= 11 is 1.40. The fraction of sp³-hybridized carbons (Fsp3) is 0.235. The van der Waals surface area contributed by atoms with Crippen molar-refractivity contribution in [3.8, 4) is 5.75 Å². The Morgan fingerprint density at radius 2 is 1.96 bits per heavy atom.